The summed E-state index contributed by atoms with van der Waals surface area (Å²) in [4.78, 5) is 4.37. The van der Waals surface area contributed by atoms with Gasteiger partial charge in [0.2, 0.25) is 0 Å². The highest BCUT2D eigenvalue weighted by atomic mass is 16.5. The molecule has 1 fully saturated rings. The molecule has 0 amide bonds. The van der Waals surface area contributed by atoms with Crippen molar-refractivity contribution in [2.75, 3.05) is 34.4 Å². The van der Waals surface area contributed by atoms with Gasteiger partial charge in [0.05, 0.1) is 6.61 Å². The van der Waals surface area contributed by atoms with Crippen molar-refractivity contribution in [3.05, 3.63) is 35.4 Å². The summed E-state index contributed by atoms with van der Waals surface area (Å²) in [7, 11) is 5.33. The number of hydrogen-bond acceptors (Lipinski definition) is 3. The molecule has 5 heteroatoms. The van der Waals surface area contributed by atoms with Crippen molar-refractivity contribution in [1.29, 1.82) is 0 Å². The largest absolute Gasteiger partial charge is 0.385 e. The van der Waals surface area contributed by atoms with E-state index < -0.39 is 0 Å². The fraction of sp³-hybridized carbons (Fsp3) is 0.650. The number of rotatable bonds is 9. The third-order valence-electron chi connectivity index (χ3n) is 5.12. The van der Waals surface area contributed by atoms with Crippen LogP contribution in [0, 0.1) is 5.41 Å². The van der Waals surface area contributed by atoms with Gasteiger partial charge in [0, 0.05) is 41.0 Å². The second-order valence-corrected chi connectivity index (χ2v) is 6.98. The van der Waals surface area contributed by atoms with Crippen molar-refractivity contribution in [3.63, 3.8) is 0 Å². The molecule has 0 atom stereocenters. The zero-order valence-corrected chi connectivity index (χ0v) is 15.9. The van der Waals surface area contributed by atoms with Crippen LogP contribution in [0.25, 0.3) is 0 Å². The quantitative estimate of drug-likeness (QED) is 0.532. The van der Waals surface area contributed by atoms with Crippen LogP contribution in [-0.4, -0.2) is 40.4 Å². The molecule has 1 saturated carbocycles. The molecule has 0 aliphatic heterocycles. The van der Waals surface area contributed by atoms with Crippen LogP contribution in [0.1, 0.15) is 43.2 Å². The smallest absolute Gasteiger partial charge is 0.191 e. The Hall–Kier alpha value is -1.59. The van der Waals surface area contributed by atoms with E-state index in [1.165, 1.54) is 36.8 Å². The molecular formula is C20H33N3O2. The van der Waals surface area contributed by atoms with E-state index in [9.17, 15) is 0 Å². The Kier molecular flexibility index (Phi) is 8.22. The number of nitrogens with zero attached hydrogens (tertiary/aromatic N) is 1. The van der Waals surface area contributed by atoms with Gasteiger partial charge in [-0.1, -0.05) is 37.1 Å². The van der Waals surface area contributed by atoms with Crippen LogP contribution in [0.4, 0.5) is 0 Å². The maximum absolute atomic E-state index is 5.31. The second kappa shape index (κ2) is 10.4. The average Bonchev–Trinajstić information content (AvgIpc) is 3.10. The molecule has 1 aliphatic rings. The van der Waals surface area contributed by atoms with Crippen LogP contribution in [0.2, 0.25) is 0 Å². The third-order valence-corrected chi connectivity index (χ3v) is 5.12. The van der Waals surface area contributed by atoms with Crippen molar-refractivity contribution >= 4 is 5.96 Å². The van der Waals surface area contributed by atoms with E-state index in [4.69, 9.17) is 9.47 Å². The molecule has 0 bridgehead atoms. The number of methoxy groups -OCH3 is 2. The zero-order valence-electron chi connectivity index (χ0n) is 15.9. The number of benzene rings is 1. The number of guanidine groups is 1. The molecule has 0 heterocycles. The van der Waals surface area contributed by atoms with E-state index in [0.29, 0.717) is 12.0 Å². The van der Waals surface area contributed by atoms with Crippen LogP contribution in [0.15, 0.2) is 29.3 Å². The van der Waals surface area contributed by atoms with Crippen molar-refractivity contribution < 1.29 is 9.47 Å². The molecule has 0 spiro atoms. The molecule has 1 aromatic carbocycles. The van der Waals surface area contributed by atoms with Crippen molar-refractivity contribution in [3.8, 4) is 0 Å². The second-order valence-electron chi connectivity index (χ2n) is 6.98. The van der Waals surface area contributed by atoms with Gasteiger partial charge in [0.15, 0.2) is 5.96 Å². The Labute approximate surface area is 152 Å². The van der Waals surface area contributed by atoms with Gasteiger partial charge in [-0.25, -0.2) is 0 Å². The predicted molar refractivity (Wildman–Crippen MR) is 103 cm³/mol. The van der Waals surface area contributed by atoms with E-state index in [-0.39, 0.29) is 0 Å². The van der Waals surface area contributed by atoms with Crippen LogP contribution < -0.4 is 10.6 Å². The summed E-state index contributed by atoms with van der Waals surface area (Å²) in [6, 6.07) is 8.44. The molecule has 2 rings (SSSR count). The summed E-state index contributed by atoms with van der Waals surface area (Å²) >= 11 is 0. The van der Waals surface area contributed by atoms with Gasteiger partial charge in [-0.15, -0.1) is 0 Å². The van der Waals surface area contributed by atoms with Gasteiger partial charge in [-0.2, -0.15) is 0 Å². The fourth-order valence-corrected chi connectivity index (χ4v) is 3.63. The number of nitrogens with one attached hydrogen (secondary N) is 2. The van der Waals surface area contributed by atoms with Crippen LogP contribution in [0.3, 0.4) is 0 Å². The van der Waals surface area contributed by atoms with Gasteiger partial charge in [0.25, 0.3) is 0 Å². The highest BCUT2D eigenvalue weighted by Gasteiger charge is 2.33. The van der Waals surface area contributed by atoms with Crippen molar-refractivity contribution in [2.24, 2.45) is 10.4 Å². The summed E-state index contributed by atoms with van der Waals surface area (Å²) in [5.74, 6) is 0.862. The molecule has 0 aromatic heterocycles. The van der Waals surface area contributed by atoms with E-state index in [0.717, 1.165) is 32.1 Å². The summed E-state index contributed by atoms with van der Waals surface area (Å²) in [6.45, 7) is 3.19. The van der Waals surface area contributed by atoms with E-state index >= 15 is 0 Å². The van der Waals surface area contributed by atoms with Crippen LogP contribution in [-0.2, 0) is 22.6 Å². The average molecular weight is 348 g/mol. The monoisotopic (exact) mass is 347 g/mol. The number of hydrogen-bond donors (Lipinski definition) is 2. The van der Waals surface area contributed by atoms with Crippen molar-refractivity contribution in [1.82, 2.24) is 10.6 Å². The molecule has 1 aliphatic carbocycles. The maximum atomic E-state index is 5.31. The molecule has 2 N–H and O–H groups in total. The topological polar surface area (TPSA) is 54.9 Å². The molecular weight excluding hydrogens is 314 g/mol. The Morgan fingerprint density at radius 3 is 2.56 bits per heavy atom. The summed E-state index contributed by atoms with van der Waals surface area (Å²) in [5, 5.41) is 6.95. The van der Waals surface area contributed by atoms with Gasteiger partial charge in [0.1, 0.15) is 0 Å². The molecule has 1 aromatic rings. The first-order valence-corrected chi connectivity index (χ1v) is 9.21. The summed E-state index contributed by atoms with van der Waals surface area (Å²) in [6.07, 6.45) is 6.32. The Morgan fingerprint density at radius 1 is 1.12 bits per heavy atom. The van der Waals surface area contributed by atoms with Gasteiger partial charge in [-0.05, 0) is 35.8 Å². The van der Waals surface area contributed by atoms with Gasteiger partial charge < -0.3 is 20.1 Å². The standard InChI is InChI=1S/C20H33N3O2/c1-21-19(22-14-17-7-6-8-18(13-17)15-25-3)23-16-20(11-12-24-2)9-4-5-10-20/h6-8,13H,4-5,9-12,14-16H2,1-3H3,(H2,21,22,23). The molecule has 5 nitrogen and oxygen atoms in total. The van der Waals surface area contributed by atoms with Gasteiger partial charge >= 0.3 is 0 Å². The molecule has 25 heavy (non-hydrogen) atoms. The van der Waals surface area contributed by atoms with Crippen LogP contribution in [0.5, 0.6) is 0 Å². The first-order valence-electron chi connectivity index (χ1n) is 9.21. The Morgan fingerprint density at radius 2 is 1.88 bits per heavy atom. The lowest BCUT2D eigenvalue weighted by Crippen LogP contribution is -2.43. The summed E-state index contributed by atoms with van der Waals surface area (Å²) in [5.41, 5.74) is 2.77. The Balaban J connectivity index is 1.84. The molecule has 0 unspecified atom stereocenters. The highest BCUT2D eigenvalue weighted by molar-refractivity contribution is 5.79. The van der Waals surface area contributed by atoms with E-state index in [2.05, 4.69) is 39.9 Å². The fourth-order valence-electron chi connectivity index (χ4n) is 3.63. The lowest BCUT2D eigenvalue weighted by molar-refractivity contribution is 0.138. The van der Waals surface area contributed by atoms with Gasteiger partial charge in [-0.3, -0.25) is 4.99 Å². The predicted octanol–water partition coefficient (Wildman–Crippen LogP) is 3.09. The minimum absolute atomic E-state index is 0.353. The molecule has 0 radical (unpaired) electrons. The maximum Gasteiger partial charge on any atom is 0.191 e. The lowest BCUT2D eigenvalue weighted by Gasteiger charge is -2.30. The molecule has 0 saturated heterocycles. The normalized spacial score (nSPS) is 16.8. The molecule has 140 valence electrons. The number of aliphatic imine (C=N–C) groups is 1. The SMILES string of the molecule is CN=C(NCc1cccc(COC)c1)NCC1(CCOC)CCCC1. The number of ether oxygens (including phenoxy) is 2. The van der Waals surface area contributed by atoms with Crippen molar-refractivity contribution in [2.45, 2.75) is 45.3 Å². The Bertz CT molecular complexity index is 539. The highest BCUT2D eigenvalue weighted by Crippen LogP contribution is 2.40. The minimum Gasteiger partial charge on any atom is -0.385 e. The lowest BCUT2D eigenvalue weighted by atomic mass is 9.83. The third kappa shape index (κ3) is 6.33. The zero-order chi connectivity index (χ0) is 18.0. The minimum atomic E-state index is 0.353. The first kappa shape index (κ1) is 19.7. The van der Waals surface area contributed by atoms with E-state index in [1.54, 1.807) is 14.2 Å². The van der Waals surface area contributed by atoms with Crippen LogP contribution >= 0.6 is 0 Å². The summed E-state index contributed by atoms with van der Waals surface area (Å²) < 4.78 is 10.5. The van der Waals surface area contributed by atoms with E-state index in [1.807, 2.05) is 7.05 Å². The first-order chi connectivity index (χ1) is 12.2.